The molecule has 0 saturated heterocycles. The minimum absolute atomic E-state index is 0.0817. The third kappa shape index (κ3) is 4.07. The molecular formula is C13H15BrO3. The number of hydrogen-bond acceptors (Lipinski definition) is 3. The Balaban J connectivity index is 2.93. The predicted octanol–water partition coefficient (Wildman–Crippen LogP) is 2.72. The van der Waals surface area contributed by atoms with Crippen LogP contribution in [-0.4, -0.2) is 24.6 Å². The van der Waals surface area contributed by atoms with Crippen LogP contribution in [0.25, 0.3) is 0 Å². The molecule has 0 saturated carbocycles. The number of hydrogen-bond donors (Lipinski definition) is 1. The van der Waals surface area contributed by atoms with Crippen LogP contribution in [0.4, 0.5) is 0 Å². The smallest absolute Gasteiger partial charge is 0.185 e. The van der Waals surface area contributed by atoms with Gasteiger partial charge in [-0.1, -0.05) is 15.9 Å². The van der Waals surface area contributed by atoms with Gasteiger partial charge in [-0.2, -0.15) is 0 Å². The highest BCUT2D eigenvalue weighted by Crippen LogP contribution is 2.19. The zero-order chi connectivity index (χ0) is 12.8. The highest BCUT2D eigenvalue weighted by molar-refractivity contribution is 9.10. The molecule has 0 bridgehead atoms. The number of allylic oxidation sites excluding steroid dienone is 1. The molecule has 0 spiro atoms. The lowest BCUT2D eigenvalue weighted by Crippen LogP contribution is -2.00. The van der Waals surface area contributed by atoms with E-state index in [4.69, 9.17) is 9.84 Å². The first-order chi connectivity index (χ1) is 8.08. The summed E-state index contributed by atoms with van der Waals surface area (Å²) >= 11 is 3.31. The molecule has 1 N–H and O–H groups in total. The number of aliphatic hydroxyl groups excluding tert-OH is 1. The maximum Gasteiger partial charge on any atom is 0.185 e. The van der Waals surface area contributed by atoms with Crippen molar-refractivity contribution in [3.63, 3.8) is 0 Å². The Morgan fingerprint density at radius 1 is 1.53 bits per heavy atom. The number of halogens is 1. The topological polar surface area (TPSA) is 46.5 Å². The lowest BCUT2D eigenvalue weighted by molar-refractivity contribution is 0.104. The molecule has 0 aliphatic rings. The maximum absolute atomic E-state index is 11.9. The van der Waals surface area contributed by atoms with Gasteiger partial charge in [0.05, 0.1) is 13.2 Å². The number of ether oxygens (including phenoxy) is 1. The monoisotopic (exact) mass is 298 g/mol. The average Bonchev–Trinajstić information content (AvgIpc) is 2.29. The normalized spacial score (nSPS) is 11.6. The van der Waals surface area contributed by atoms with Gasteiger partial charge in [-0.25, -0.2) is 0 Å². The molecule has 3 nitrogen and oxygen atoms in total. The fraction of sp³-hybridized carbons (Fsp3) is 0.308. The van der Waals surface area contributed by atoms with E-state index in [0.717, 1.165) is 10.0 Å². The van der Waals surface area contributed by atoms with Gasteiger partial charge in [0.15, 0.2) is 5.78 Å². The van der Waals surface area contributed by atoms with Crippen LogP contribution in [0.3, 0.4) is 0 Å². The fourth-order valence-corrected chi connectivity index (χ4v) is 1.80. The number of carbonyl (C=O) groups is 1. The van der Waals surface area contributed by atoms with Gasteiger partial charge >= 0.3 is 0 Å². The van der Waals surface area contributed by atoms with Gasteiger partial charge in [-0.05, 0) is 42.3 Å². The van der Waals surface area contributed by atoms with E-state index in [1.54, 1.807) is 31.4 Å². The Labute approximate surface area is 109 Å². The SMILES string of the molecule is COC/C(C)=C/C(=O)c1ccc(Br)c(CO)c1. The second-order valence-corrected chi connectivity index (χ2v) is 4.61. The Bertz CT molecular complexity index is 438. The van der Waals surface area contributed by atoms with Crippen molar-refractivity contribution in [2.45, 2.75) is 13.5 Å². The van der Waals surface area contributed by atoms with Gasteiger partial charge < -0.3 is 9.84 Å². The molecule has 1 aromatic rings. The second-order valence-electron chi connectivity index (χ2n) is 3.75. The largest absolute Gasteiger partial charge is 0.392 e. The molecule has 0 fully saturated rings. The number of rotatable bonds is 5. The Morgan fingerprint density at radius 3 is 2.82 bits per heavy atom. The van der Waals surface area contributed by atoms with Crippen molar-refractivity contribution in [3.05, 3.63) is 45.4 Å². The summed E-state index contributed by atoms with van der Waals surface area (Å²) in [6.45, 7) is 2.19. The second kappa shape index (κ2) is 6.69. The first-order valence-electron chi connectivity index (χ1n) is 5.18. The van der Waals surface area contributed by atoms with E-state index in [9.17, 15) is 4.79 Å². The molecule has 0 heterocycles. The van der Waals surface area contributed by atoms with Gasteiger partial charge in [-0.15, -0.1) is 0 Å². The van der Waals surface area contributed by atoms with Crippen LogP contribution in [0.1, 0.15) is 22.8 Å². The molecule has 0 amide bonds. The Morgan fingerprint density at radius 2 is 2.24 bits per heavy atom. The third-order valence-corrected chi connectivity index (χ3v) is 3.02. The lowest BCUT2D eigenvalue weighted by Gasteiger charge is -2.04. The summed E-state index contributed by atoms with van der Waals surface area (Å²) in [5.41, 5.74) is 2.13. The summed E-state index contributed by atoms with van der Waals surface area (Å²) in [6, 6.07) is 5.17. The van der Waals surface area contributed by atoms with Crippen LogP contribution in [0.15, 0.2) is 34.3 Å². The van der Waals surface area contributed by atoms with Crippen molar-refractivity contribution in [3.8, 4) is 0 Å². The molecule has 1 aromatic carbocycles. The van der Waals surface area contributed by atoms with Crippen LogP contribution in [0, 0.1) is 0 Å². The van der Waals surface area contributed by atoms with Crippen LogP contribution >= 0.6 is 15.9 Å². The summed E-state index contributed by atoms with van der Waals surface area (Å²) in [5, 5.41) is 9.11. The fourth-order valence-electron chi connectivity index (χ4n) is 1.43. The number of carbonyl (C=O) groups excluding carboxylic acids is 1. The van der Waals surface area contributed by atoms with E-state index < -0.39 is 0 Å². The quantitative estimate of drug-likeness (QED) is 0.671. The van der Waals surface area contributed by atoms with Crippen molar-refractivity contribution in [2.24, 2.45) is 0 Å². The molecule has 4 heteroatoms. The highest BCUT2D eigenvalue weighted by atomic mass is 79.9. The van der Waals surface area contributed by atoms with Crippen LogP contribution in [0.2, 0.25) is 0 Å². The van der Waals surface area contributed by atoms with Crippen molar-refractivity contribution >= 4 is 21.7 Å². The molecule has 0 aliphatic carbocycles. The lowest BCUT2D eigenvalue weighted by atomic mass is 10.1. The summed E-state index contributed by atoms with van der Waals surface area (Å²) in [7, 11) is 1.59. The van der Waals surface area contributed by atoms with Crippen molar-refractivity contribution in [1.29, 1.82) is 0 Å². The van der Waals surface area contributed by atoms with E-state index in [-0.39, 0.29) is 12.4 Å². The van der Waals surface area contributed by atoms with Crippen LogP contribution in [0.5, 0.6) is 0 Å². The maximum atomic E-state index is 11.9. The van der Waals surface area contributed by atoms with Gasteiger partial charge in [-0.3, -0.25) is 4.79 Å². The molecule has 0 unspecified atom stereocenters. The van der Waals surface area contributed by atoms with E-state index in [1.807, 2.05) is 6.92 Å². The summed E-state index contributed by atoms with van der Waals surface area (Å²) in [5.74, 6) is -0.0817. The molecule has 0 atom stereocenters. The van der Waals surface area contributed by atoms with E-state index >= 15 is 0 Å². The predicted molar refractivity (Wildman–Crippen MR) is 70.0 cm³/mol. The minimum Gasteiger partial charge on any atom is -0.392 e. The first-order valence-corrected chi connectivity index (χ1v) is 5.97. The standard InChI is InChI=1S/C13H15BrO3/c1-9(8-17-2)5-13(16)10-3-4-12(14)11(6-10)7-15/h3-6,15H,7-8H2,1-2H3/b9-5+. The van der Waals surface area contributed by atoms with Crippen molar-refractivity contribution in [1.82, 2.24) is 0 Å². The number of methoxy groups -OCH3 is 1. The third-order valence-electron chi connectivity index (χ3n) is 2.25. The van der Waals surface area contributed by atoms with Gasteiger partial charge in [0.25, 0.3) is 0 Å². The van der Waals surface area contributed by atoms with Crippen LogP contribution in [-0.2, 0) is 11.3 Å². The van der Waals surface area contributed by atoms with Crippen molar-refractivity contribution < 1.29 is 14.6 Å². The number of benzene rings is 1. The van der Waals surface area contributed by atoms with Gasteiger partial charge in [0, 0.05) is 17.1 Å². The first kappa shape index (κ1) is 14.1. The summed E-state index contributed by atoms with van der Waals surface area (Å²) in [6.07, 6.45) is 1.55. The van der Waals surface area contributed by atoms with E-state index in [0.29, 0.717) is 17.7 Å². The molecule has 1 rings (SSSR count). The molecule has 0 aliphatic heterocycles. The molecule has 0 aromatic heterocycles. The highest BCUT2D eigenvalue weighted by Gasteiger charge is 2.06. The van der Waals surface area contributed by atoms with Crippen LogP contribution < -0.4 is 0 Å². The van der Waals surface area contributed by atoms with Gasteiger partial charge in [0.2, 0.25) is 0 Å². The molecule has 0 radical (unpaired) electrons. The van der Waals surface area contributed by atoms with Crippen molar-refractivity contribution in [2.75, 3.05) is 13.7 Å². The summed E-state index contributed by atoms with van der Waals surface area (Å²) < 4.78 is 5.74. The van der Waals surface area contributed by atoms with Gasteiger partial charge in [0.1, 0.15) is 0 Å². The summed E-state index contributed by atoms with van der Waals surface area (Å²) in [4.78, 5) is 11.9. The van der Waals surface area contributed by atoms with E-state index in [2.05, 4.69) is 15.9 Å². The zero-order valence-electron chi connectivity index (χ0n) is 9.87. The molecule has 17 heavy (non-hydrogen) atoms. The average molecular weight is 299 g/mol. The number of aliphatic hydroxyl groups is 1. The molecule has 92 valence electrons. The Kier molecular flexibility index (Phi) is 5.55. The number of ketones is 1. The Hall–Kier alpha value is -0.970. The zero-order valence-corrected chi connectivity index (χ0v) is 11.5. The molecular weight excluding hydrogens is 284 g/mol. The minimum atomic E-state index is -0.0948. The van der Waals surface area contributed by atoms with E-state index in [1.165, 1.54) is 0 Å².